The highest BCUT2D eigenvalue weighted by Gasteiger charge is 2.41. The van der Waals surface area contributed by atoms with Crippen molar-refractivity contribution in [3.8, 4) is 0 Å². The van der Waals surface area contributed by atoms with Crippen LogP contribution >= 0.6 is 0 Å². The minimum Gasteiger partial charge on any atom is -0.342 e. The first-order valence-corrected chi connectivity index (χ1v) is 5.91. The molecular weight excluding hydrogens is 206 g/mol. The summed E-state index contributed by atoms with van der Waals surface area (Å²) < 4.78 is 0. The second-order valence-electron chi connectivity index (χ2n) is 4.94. The van der Waals surface area contributed by atoms with Crippen LogP contribution in [0.1, 0.15) is 20.3 Å². The van der Waals surface area contributed by atoms with Gasteiger partial charge in [0.2, 0.25) is 11.8 Å². The van der Waals surface area contributed by atoms with Crippen LogP contribution in [0.25, 0.3) is 0 Å². The Bertz CT molecular complexity index is 304. The Morgan fingerprint density at radius 1 is 1.44 bits per heavy atom. The molecule has 0 spiro atoms. The van der Waals surface area contributed by atoms with Gasteiger partial charge in [0.05, 0.1) is 0 Å². The van der Waals surface area contributed by atoms with Crippen LogP contribution in [0.15, 0.2) is 0 Å². The van der Waals surface area contributed by atoms with Gasteiger partial charge in [0.15, 0.2) is 0 Å². The monoisotopic (exact) mass is 225 g/mol. The van der Waals surface area contributed by atoms with Crippen molar-refractivity contribution < 1.29 is 9.59 Å². The maximum Gasteiger partial charge on any atom is 0.245 e. The summed E-state index contributed by atoms with van der Waals surface area (Å²) in [6.07, 6.45) is 0.723. The lowest BCUT2D eigenvalue weighted by atomic mass is 9.98. The number of nitrogens with one attached hydrogen (secondary N) is 2. The van der Waals surface area contributed by atoms with E-state index in [2.05, 4.69) is 24.5 Å². The van der Waals surface area contributed by atoms with Gasteiger partial charge in [0, 0.05) is 19.6 Å². The van der Waals surface area contributed by atoms with Gasteiger partial charge in [-0.15, -0.1) is 0 Å². The number of rotatable bonds is 2. The molecule has 0 aromatic heterocycles. The maximum absolute atomic E-state index is 12.1. The van der Waals surface area contributed by atoms with Gasteiger partial charge in [-0.3, -0.25) is 9.59 Å². The Morgan fingerprint density at radius 2 is 2.19 bits per heavy atom. The average molecular weight is 225 g/mol. The van der Waals surface area contributed by atoms with Gasteiger partial charge in [-0.05, 0) is 12.3 Å². The van der Waals surface area contributed by atoms with Gasteiger partial charge in [0.1, 0.15) is 12.1 Å². The molecule has 0 unspecified atom stereocenters. The molecule has 5 nitrogen and oxygen atoms in total. The van der Waals surface area contributed by atoms with E-state index in [0.29, 0.717) is 19.0 Å². The molecule has 2 saturated heterocycles. The predicted octanol–water partition coefficient (Wildman–Crippen LogP) is -0.669. The van der Waals surface area contributed by atoms with Crippen molar-refractivity contribution >= 4 is 11.8 Å². The number of fused-ring (bicyclic) bond motifs is 1. The Balaban J connectivity index is 2.10. The van der Waals surface area contributed by atoms with Crippen LogP contribution in [0.5, 0.6) is 0 Å². The highest BCUT2D eigenvalue weighted by Crippen LogP contribution is 2.16. The van der Waals surface area contributed by atoms with Crippen molar-refractivity contribution in [2.45, 2.75) is 32.4 Å². The van der Waals surface area contributed by atoms with E-state index < -0.39 is 0 Å². The van der Waals surface area contributed by atoms with Crippen LogP contribution in [0.4, 0.5) is 0 Å². The Kier molecular flexibility index (Phi) is 3.14. The number of nitrogens with zero attached hydrogens (tertiary/aromatic N) is 1. The molecule has 2 heterocycles. The highest BCUT2D eigenvalue weighted by molar-refractivity contribution is 5.97. The van der Waals surface area contributed by atoms with Crippen molar-refractivity contribution in [3.05, 3.63) is 0 Å². The van der Waals surface area contributed by atoms with Gasteiger partial charge in [-0.1, -0.05) is 13.8 Å². The fraction of sp³-hybridized carbons (Fsp3) is 0.818. The summed E-state index contributed by atoms with van der Waals surface area (Å²) in [5.41, 5.74) is 0. The summed E-state index contributed by atoms with van der Waals surface area (Å²) in [7, 11) is 0. The third-order valence-corrected chi connectivity index (χ3v) is 3.15. The standard InChI is InChI=1S/C11H19N3O2/c1-7(2)5-8-11(16)14-4-3-12-6-9(14)10(15)13-8/h7-9,12H,3-6H2,1-2H3,(H,13,15)/t8-,9-/m0/s1. The van der Waals surface area contributed by atoms with Gasteiger partial charge in [-0.25, -0.2) is 0 Å². The quantitative estimate of drug-likeness (QED) is 0.655. The minimum absolute atomic E-state index is 0.0162. The zero-order chi connectivity index (χ0) is 11.7. The third-order valence-electron chi connectivity index (χ3n) is 3.15. The summed E-state index contributed by atoms with van der Waals surface area (Å²) in [4.78, 5) is 25.7. The van der Waals surface area contributed by atoms with Crippen LogP contribution in [-0.4, -0.2) is 48.4 Å². The fourth-order valence-corrected chi connectivity index (χ4v) is 2.36. The summed E-state index contributed by atoms with van der Waals surface area (Å²) in [6.45, 7) is 6.12. The number of amides is 2. The third kappa shape index (κ3) is 2.04. The van der Waals surface area contributed by atoms with Gasteiger partial charge in [-0.2, -0.15) is 0 Å². The summed E-state index contributed by atoms with van der Waals surface area (Å²) in [6, 6.07) is -0.619. The number of carbonyl (C=O) groups excluding carboxylic acids is 2. The first kappa shape index (κ1) is 11.4. The van der Waals surface area contributed by atoms with Crippen LogP contribution < -0.4 is 10.6 Å². The van der Waals surface area contributed by atoms with E-state index >= 15 is 0 Å². The second-order valence-corrected chi connectivity index (χ2v) is 4.94. The molecule has 16 heavy (non-hydrogen) atoms. The topological polar surface area (TPSA) is 61.4 Å². The highest BCUT2D eigenvalue weighted by atomic mass is 16.2. The molecule has 2 amide bonds. The Morgan fingerprint density at radius 3 is 2.88 bits per heavy atom. The number of hydrogen-bond donors (Lipinski definition) is 2. The lowest BCUT2D eigenvalue weighted by Gasteiger charge is -2.42. The zero-order valence-corrected chi connectivity index (χ0v) is 9.82. The van der Waals surface area contributed by atoms with E-state index in [0.717, 1.165) is 13.0 Å². The van der Waals surface area contributed by atoms with E-state index in [-0.39, 0.29) is 23.9 Å². The van der Waals surface area contributed by atoms with Crippen LogP contribution in [0.3, 0.4) is 0 Å². The molecule has 2 N–H and O–H groups in total. The largest absolute Gasteiger partial charge is 0.342 e. The van der Waals surface area contributed by atoms with Gasteiger partial charge >= 0.3 is 0 Å². The normalized spacial score (nSPS) is 30.3. The van der Waals surface area contributed by atoms with E-state index in [9.17, 15) is 9.59 Å². The lowest BCUT2D eigenvalue weighted by Crippen LogP contribution is -2.68. The molecule has 5 heteroatoms. The molecule has 0 aromatic carbocycles. The lowest BCUT2D eigenvalue weighted by molar-refractivity contribution is -0.150. The molecule has 2 fully saturated rings. The van der Waals surface area contributed by atoms with Crippen LogP contribution in [0.2, 0.25) is 0 Å². The zero-order valence-electron chi connectivity index (χ0n) is 9.82. The van der Waals surface area contributed by atoms with Crippen molar-refractivity contribution in [2.24, 2.45) is 5.92 Å². The van der Waals surface area contributed by atoms with E-state index in [1.54, 1.807) is 4.90 Å². The van der Waals surface area contributed by atoms with Crippen molar-refractivity contribution in [3.63, 3.8) is 0 Å². The summed E-state index contributed by atoms with van der Waals surface area (Å²) in [5, 5.41) is 5.96. The van der Waals surface area contributed by atoms with E-state index in [1.165, 1.54) is 0 Å². The molecular formula is C11H19N3O2. The smallest absolute Gasteiger partial charge is 0.245 e. The number of carbonyl (C=O) groups is 2. The number of piperazine rings is 2. The maximum atomic E-state index is 12.1. The molecule has 0 radical (unpaired) electrons. The molecule has 0 aromatic rings. The molecule has 0 bridgehead atoms. The summed E-state index contributed by atoms with van der Waals surface area (Å²) in [5.74, 6) is 0.478. The SMILES string of the molecule is CC(C)C[C@@H]1NC(=O)[C@@H]2CNCCN2C1=O. The van der Waals surface area contributed by atoms with Crippen molar-refractivity contribution in [1.82, 2.24) is 15.5 Å². The summed E-state index contributed by atoms with van der Waals surface area (Å²) >= 11 is 0. The van der Waals surface area contributed by atoms with E-state index in [1.807, 2.05) is 0 Å². The van der Waals surface area contributed by atoms with Gasteiger partial charge in [0.25, 0.3) is 0 Å². The molecule has 0 saturated carbocycles. The molecule has 2 atom stereocenters. The van der Waals surface area contributed by atoms with Crippen LogP contribution in [-0.2, 0) is 9.59 Å². The molecule has 2 rings (SSSR count). The Labute approximate surface area is 95.6 Å². The molecule has 2 aliphatic rings. The Hall–Kier alpha value is -1.10. The van der Waals surface area contributed by atoms with E-state index in [4.69, 9.17) is 0 Å². The van der Waals surface area contributed by atoms with Crippen molar-refractivity contribution in [1.29, 1.82) is 0 Å². The average Bonchev–Trinajstić information content (AvgIpc) is 2.25. The van der Waals surface area contributed by atoms with Gasteiger partial charge < -0.3 is 15.5 Å². The molecule has 2 aliphatic heterocycles. The molecule has 0 aliphatic carbocycles. The number of hydrogen-bond acceptors (Lipinski definition) is 3. The first-order chi connectivity index (χ1) is 7.59. The minimum atomic E-state index is -0.318. The predicted molar refractivity (Wildman–Crippen MR) is 59.8 cm³/mol. The van der Waals surface area contributed by atoms with Crippen molar-refractivity contribution in [2.75, 3.05) is 19.6 Å². The van der Waals surface area contributed by atoms with Crippen LogP contribution in [0, 0.1) is 5.92 Å². The molecule has 90 valence electrons. The first-order valence-electron chi connectivity index (χ1n) is 5.91. The second kappa shape index (κ2) is 4.41. The fourth-order valence-electron chi connectivity index (χ4n) is 2.36.